The summed E-state index contributed by atoms with van der Waals surface area (Å²) in [4.78, 5) is 2.17. The third-order valence-electron chi connectivity index (χ3n) is 3.02. The Bertz CT molecular complexity index is 413. The van der Waals surface area contributed by atoms with Crippen LogP contribution in [0.15, 0.2) is 18.2 Å². The standard InChI is InChI=1S/C12H17BFNO4/c14-11-2-1-10(13(16)17)9-12(11)19-8-5-15-3-6-18-7-4-15/h1-2,9,16-17H,3-8H2. The summed E-state index contributed by atoms with van der Waals surface area (Å²) in [6.45, 7) is 4.15. The van der Waals surface area contributed by atoms with Gasteiger partial charge in [0.2, 0.25) is 0 Å². The minimum absolute atomic E-state index is 0.0406. The van der Waals surface area contributed by atoms with Crippen molar-refractivity contribution in [1.82, 2.24) is 4.90 Å². The van der Waals surface area contributed by atoms with Crippen molar-refractivity contribution >= 4 is 12.6 Å². The van der Waals surface area contributed by atoms with Crippen LogP contribution in [-0.4, -0.2) is 61.5 Å². The van der Waals surface area contributed by atoms with E-state index in [-0.39, 0.29) is 11.2 Å². The van der Waals surface area contributed by atoms with Crippen molar-refractivity contribution in [3.05, 3.63) is 24.0 Å². The van der Waals surface area contributed by atoms with Crippen LogP contribution in [0.4, 0.5) is 4.39 Å². The molecular formula is C12H17BFNO4. The number of hydrogen-bond acceptors (Lipinski definition) is 5. The fourth-order valence-electron chi connectivity index (χ4n) is 1.90. The number of benzene rings is 1. The predicted octanol–water partition coefficient (Wildman–Crippen LogP) is -0.783. The van der Waals surface area contributed by atoms with Crippen molar-refractivity contribution in [2.24, 2.45) is 0 Å². The molecule has 2 N–H and O–H groups in total. The van der Waals surface area contributed by atoms with Crippen molar-refractivity contribution in [2.45, 2.75) is 0 Å². The second-order valence-corrected chi connectivity index (χ2v) is 4.37. The molecule has 0 aromatic heterocycles. The molecule has 1 aliphatic rings. The molecule has 1 saturated heterocycles. The van der Waals surface area contributed by atoms with Gasteiger partial charge in [0, 0.05) is 19.6 Å². The highest BCUT2D eigenvalue weighted by molar-refractivity contribution is 6.58. The summed E-state index contributed by atoms with van der Waals surface area (Å²) in [5.41, 5.74) is 0.211. The van der Waals surface area contributed by atoms with Gasteiger partial charge in [-0.05, 0) is 17.6 Å². The maximum absolute atomic E-state index is 13.5. The third kappa shape index (κ3) is 4.17. The Morgan fingerprint density at radius 2 is 2.05 bits per heavy atom. The van der Waals surface area contributed by atoms with Crippen LogP contribution in [0, 0.1) is 5.82 Å². The Balaban J connectivity index is 1.86. The molecule has 1 heterocycles. The van der Waals surface area contributed by atoms with Gasteiger partial charge in [-0.15, -0.1) is 0 Å². The van der Waals surface area contributed by atoms with E-state index in [0.29, 0.717) is 26.4 Å². The SMILES string of the molecule is OB(O)c1ccc(F)c(OCCN2CCOCC2)c1. The first kappa shape index (κ1) is 14.3. The number of morpholine rings is 1. The van der Waals surface area contributed by atoms with E-state index in [1.165, 1.54) is 18.2 Å². The van der Waals surface area contributed by atoms with E-state index in [1.807, 2.05) is 0 Å². The zero-order valence-corrected chi connectivity index (χ0v) is 10.6. The van der Waals surface area contributed by atoms with E-state index in [9.17, 15) is 4.39 Å². The quantitative estimate of drug-likeness (QED) is 0.686. The van der Waals surface area contributed by atoms with Gasteiger partial charge in [0.1, 0.15) is 6.61 Å². The second-order valence-electron chi connectivity index (χ2n) is 4.37. The Morgan fingerprint density at radius 1 is 1.32 bits per heavy atom. The minimum atomic E-state index is -1.62. The Labute approximate surface area is 111 Å². The highest BCUT2D eigenvalue weighted by Crippen LogP contribution is 2.14. The fourth-order valence-corrected chi connectivity index (χ4v) is 1.90. The third-order valence-corrected chi connectivity index (χ3v) is 3.02. The van der Waals surface area contributed by atoms with Crippen LogP contribution in [0.5, 0.6) is 5.75 Å². The average molecular weight is 269 g/mol. The summed E-state index contributed by atoms with van der Waals surface area (Å²) in [5.74, 6) is -0.467. The summed E-state index contributed by atoms with van der Waals surface area (Å²) in [6, 6.07) is 3.78. The van der Waals surface area contributed by atoms with E-state index < -0.39 is 12.9 Å². The highest BCUT2D eigenvalue weighted by atomic mass is 19.1. The number of nitrogens with zero attached hydrogens (tertiary/aromatic N) is 1. The fraction of sp³-hybridized carbons (Fsp3) is 0.500. The van der Waals surface area contributed by atoms with Crippen LogP contribution in [0.3, 0.4) is 0 Å². The van der Waals surface area contributed by atoms with Gasteiger partial charge in [-0.3, -0.25) is 4.90 Å². The van der Waals surface area contributed by atoms with Crippen LogP contribution >= 0.6 is 0 Å². The topological polar surface area (TPSA) is 62.2 Å². The first-order chi connectivity index (χ1) is 9.16. The lowest BCUT2D eigenvalue weighted by atomic mass is 9.80. The molecule has 0 bridgehead atoms. The molecule has 0 unspecified atom stereocenters. The molecular weight excluding hydrogens is 252 g/mol. The van der Waals surface area contributed by atoms with Gasteiger partial charge in [-0.1, -0.05) is 6.07 Å². The van der Waals surface area contributed by atoms with Gasteiger partial charge >= 0.3 is 7.12 Å². The number of hydrogen-bond donors (Lipinski definition) is 2. The van der Waals surface area contributed by atoms with E-state index in [1.54, 1.807) is 0 Å². The largest absolute Gasteiger partial charge is 0.489 e. The van der Waals surface area contributed by atoms with Crippen molar-refractivity contribution in [3.63, 3.8) is 0 Å². The van der Waals surface area contributed by atoms with Gasteiger partial charge in [0.05, 0.1) is 13.2 Å². The molecule has 1 aromatic carbocycles. The maximum Gasteiger partial charge on any atom is 0.488 e. The summed E-state index contributed by atoms with van der Waals surface area (Å²) >= 11 is 0. The molecule has 5 nitrogen and oxygen atoms in total. The molecule has 0 aliphatic carbocycles. The van der Waals surface area contributed by atoms with Gasteiger partial charge < -0.3 is 19.5 Å². The Morgan fingerprint density at radius 3 is 2.74 bits per heavy atom. The molecule has 0 amide bonds. The molecule has 0 atom stereocenters. The highest BCUT2D eigenvalue weighted by Gasteiger charge is 2.15. The molecule has 104 valence electrons. The number of ether oxygens (including phenoxy) is 2. The molecule has 2 rings (SSSR count). The van der Waals surface area contributed by atoms with E-state index in [4.69, 9.17) is 19.5 Å². The lowest BCUT2D eigenvalue weighted by Gasteiger charge is -2.26. The summed E-state index contributed by atoms with van der Waals surface area (Å²) in [7, 11) is -1.62. The van der Waals surface area contributed by atoms with Crippen LogP contribution in [0.2, 0.25) is 0 Å². The van der Waals surface area contributed by atoms with Crippen molar-refractivity contribution < 1.29 is 23.9 Å². The van der Waals surface area contributed by atoms with Crippen LogP contribution in [0.25, 0.3) is 0 Å². The molecule has 1 aromatic rings. The van der Waals surface area contributed by atoms with E-state index in [2.05, 4.69) is 4.90 Å². The van der Waals surface area contributed by atoms with E-state index >= 15 is 0 Å². The van der Waals surface area contributed by atoms with Crippen molar-refractivity contribution in [2.75, 3.05) is 39.5 Å². The zero-order valence-electron chi connectivity index (χ0n) is 10.6. The Hall–Kier alpha value is -1.15. The van der Waals surface area contributed by atoms with Crippen LogP contribution in [-0.2, 0) is 4.74 Å². The summed E-state index contributed by atoms with van der Waals surface area (Å²) < 4.78 is 24.1. The summed E-state index contributed by atoms with van der Waals surface area (Å²) in [5, 5.41) is 18.0. The first-order valence-corrected chi connectivity index (χ1v) is 6.25. The minimum Gasteiger partial charge on any atom is -0.489 e. The van der Waals surface area contributed by atoms with Gasteiger partial charge in [-0.2, -0.15) is 0 Å². The first-order valence-electron chi connectivity index (χ1n) is 6.25. The van der Waals surface area contributed by atoms with Gasteiger partial charge in [-0.25, -0.2) is 4.39 Å². The van der Waals surface area contributed by atoms with Crippen molar-refractivity contribution in [3.8, 4) is 5.75 Å². The predicted molar refractivity (Wildman–Crippen MR) is 69.0 cm³/mol. The van der Waals surface area contributed by atoms with E-state index in [0.717, 1.165) is 13.1 Å². The normalized spacial score (nSPS) is 16.4. The van der Waals surface area contributed by atoms with Crippen LogP contribution < -0.4 is 10.2 Å². The molecule has 0 radical (unpaired) electrons. The molecule has 1 aliphatic heterocycles. The lowest BCUT2D eigenvalue weighted by molar-refractivity contribution is 0.0320. The number of halogens is 1. The lowest BCUT2D eigenvalue weighted by Crippen LogP contribution is -2.38. The molecule has 1 fully saturated rings. The monoisotopic (exact) mass is 269 g/mol. The van der Waals surface area contributed by atoms with Crippen molar-refractivity contribution in [1.29, 1.82) is 0 Å². The van der Waals surface area contributed by atoms with Gasteiger partial charge in [0.15, 0.2) is 11.6 Å². The number of rotatable bonds is 5. The Kier molecular flexibility index (Phi) is 5.15. The smallest absolute Gasteiger partial charge is 0.488 e. The zero-order chi connectivity index (χ0) is 13.7. The average Bonchev–Trinajstić information content (AvgIpc) is 2.42. The maximum atomic E-state index is 13.5. The summed E-state index contributed by atoms with van der Waals surface area (Å²) in [6.07, 6.45) is 0. The molecule has 19 heavy (non-hydrogen) atoms. The second kappa shape index (κ2) is 6.86. The molecule has 0 saturated carbocycles. The molecule has 0 spiro atoms. The van der Waals surface area contributed by atoms with Crippen LogP contribution in [0.1, 0.15) is 0 Å². The van der Waals surface area contributed by atoms with Gasteiger partial charge in [0.25, 0.3) is 0 Å². The molecule has 7 heteroatoms.